The van der Waals surface area contributed by atoms with Gasteiger partial charge in [-0.1, -0.05) is 5.10 Å². The van der Waals surface area contributed by atoms with E-state index in [1.54, 1.807) is 25.6 Å². The molecule has 0 aliphatic rings. The molecular weight excluding hydrogens is 170 g/mol. The number of aromatic nitrogens is 4. The predicted molar refractivity (Wildman–Crippen MR) is 44.9 cm³/mol. The predicted octanol–water partition coefficient (Wildman–Crippen LogP) is 0.568. The van der Waals surface area contributed by atoms with Crippen molar-refractivity contribution in [3.05, 3.63) is 18.6 Å². The Balaban J connectivity index is 2.36. The van der Waals surface area contributed by atoms with E-state index in [0.29, 0.717) is 17.6 Å². The fraction of sp³-hybridized carbons (Fsp3) is 0.143. The second kappa shape index (κ2) is 3.18. The highest BCUT2D eigenvalue weighted by molar-refractivity contribution is 5.44. The molecule has 2 aromatic rings. The van der Waals surface area contributed by atoms with Crippen LogP contribution in [0.25, 0.3) is 11.6 Å². The van der Waals surface area contributed by atoms with E-state index in [1.165, 1.54) is 0 Å². The number of rotatable bonds is 2. The van der Waals surface area contributed by atoms with E-state index in [9.17, 15) is 0 Å². The Hall–Kier alpha value is -1.98. The lowest BCUT2D eigenvalue weighted by molar-refractivity contribution is 0.582. The minimum atomic E-state index is 0.359. The molecule has 0 unspecified atom stereocenters. The normalized spacial score (nSPS) is 9.92. The maximum absolute atomic E-state index is 5.18. The average molecular weight is 177 g/mol. The molecule has 13 heavy (non-hydrogen) atoms. The highest BCUT2D eigenvalue weighted by atomic mass is 16.4. The van der Waals surface area contributed by atoms with E-state index in [0.717, 1.165) is 0 Å². The molecule has 0 atom stereocenters. The molecular formula is C7H7N5O. The summed E-state index contributed by atoms with van der Waals surface area (Å²) < 4.78 is 5.18. The maximum atomic E-state index is 5.18. The molecule has 0 amide bonds. The molecule has 1 N–H and O–H groups in total. The molecule has 0 saturated heterocycles. The summed E-state index contributed by atoms with van der Waals surface area (Å²) in [4.78, 5) is 7.90. The third-order valence-corrected chi connectivity index (χ3v) is 1.42. The van der Waals surface area contributed by atoms with Gasteiger partial charge in [-0.2, -0.15) is 0 Å². The maximum Gasteiger partial charge on any atom is 0.315 e. The standard InChI is InChI=1S/C7H7N5O/c1-8-7-12-11-6(13-7)5-4-9-2-3-10-5/h2-4H,1H3,(H,8,12). The summed E-state index contributed by atoms with van der Waals surface area (Å²) in [5.41, 5.74) is 0.566. The number of nitrogens with one attached hydrogen (secondary N) is 1. The number of hydrogen-bond acceptors (Lipinski definition) is 6. The van der Waals surface area contributed by atoms with Gasteiger partial charge in [0.1, 0.15) is 5.69 Å². The van der Waals surface area contributed by atoms with E-state index in [-0.39, 0.29) is 0 Å². The van der Waals surface area contributed by atoms with E-state index in [1.807, 2.05) is 0 Å². The van der Waals surface area contributed by atoms with Crippen LogP contribution in [0.5, 0.6) is 0 Å². The van der Waals surface area contributed by atoms with Crippen molar-refractivity contribution in [1.29, 1.82) is 0 Å². The van der Waals surface area contributed by atoms with Crippen LogP contribution in [-0.4, -0.2) is 27.2 Å². The van der Waals surface area contributed by atoms with Crippen molar-refractivity contribution in [2.75, 3.05) is 12.4 Å². The zero-order chi connectivity index (χ0) is 9.10. The Morgan fingerprint density at radius 1 is 1.31 bits per heavy atom. The lowest BCUT2D eigenvalue weighted by Crippen LogP contribution is -1.85. The fourth-order valence-electron chi connectivity index (χ4n) is 0.837. The van der Waals surface area contributed by atoms with E-state index in [4.69, 9.17) is 4.42 Å². The van der Waals surface area contributed by atoms with Gasteiger partial charge in [0, 0.05) is 19.4 Å². The van der Waals surface area contributed by atoms with Gasteiger partial charge in [0.25, 0.3) is 5.89 Å². The summed E-state index contributed by atoms with van der Waals surface area (Å²) in [6.45, 7) is 0. The Labute approximate surface area is 74.0 Å². The Morgan fingerprint density at radius 3 is 2.85 bits per heavy atom. The number of hydrogen-bond donors (Lipinski definition) is 1. The van der Waals surface area contributed by atoms with Crippen LogP contribution in [0.2, 0.25) is 0 Å². The fourth-order valence-corrected chi connectivity index (χ4v) is 0.837. The molecule has 0 saturated carbocycles. The quantitative estimate of drug-likeness (QED) is 0.722. The van der Waals surface area contributed by atoms with Gasteiger partial charge in [-0.3, -0.25) is 4.98 Å². The molecule has 6 heteroatoms. The Kier molecular flexibility index (Phi) is 1.87. The van der Waals surface area contributed by atoms with Crippen molar-refractivity contribution in [3.63, 3.8) is 0 Å². The van der Waals surface area contributed by atoms with Crippen molar-refractivity contribution in [1.82, 2.24) is 20.2 Å². The third-order valence-electron chi connectivity index (χ3n) is 1.42. The molecule has 0 bridgehead atoms. The first-order valence-corrected chi connectivity index (χ1v) is 3.68. The first-order chi connectivity index (χ1) is 6.40. The average Bonchev–Trinajstić information content (AvgIpc) is 2.67. The Morgan fingerprint density at radius 2 is 2.23 bits per heavy atom. The van der Waals surface area contributed by atoms with Gasteiger partial charge in [-0.05, 0) is 0 Å². The Bertz CT molecular complexity index is 385. The third kappa shape index (κ3) is 1.46. The molecule has 0 fully saturated rings. The van der Waals surface area contributed by atoms with Crippen molar-refractivity contribution in [3.8, 4) is 11.6 Å². The topological polar surface area (TPSA) is 76.7 Å². The summed E-state index contributed by atoms with van der Waals surface area (Å²) >= 11 is 0. The SMILES string of the molecule is CNc1nnc(-c2cnccn2)o1. The number of anilines is 1. The van der Waals surface area contributed by atoms with E-state index in [2.05, 4.69) is 25.5 Å². The van der Waals surface area contributed by atoms with Crippen LogP contribution in [0.1, 0.15) is 0 Å². The van der Waals surface area contributed by atoms with Gasteiger partial charge in [-0.25, -0.2) is 4.98 Å². The summed E-state index contributed by atoms with van der Waals surface area (Å²) in [6.07, 6.45) is 4.71. The van der Waals surface area contributed by atoms with Crippen LogP contribution >= 0.6 is 0 Å². The summed E-state index contributed by atoms with van der Waals surface area (Å²) in [7, 11) is 1.70. The monoisotopic (exact) mass is 177 g/mol. The summed E-state index contributed by atoms with van der Waals surface area (Å²) in [5, 5.41) is 10.2. The first kappa shape index (κ1) is 7.66. The summed E-state index contributed by atoms with van der Waals surface area (Å²) in [5.74, 6) is 0.359. The minimum Gasteiger partial charge on any atom is -0.402 e. The van der Waals surface area contributed by atoms with Gasteiger partial charge >= 0.3 is 6.01 Å². The zero-order valence-corrected chi connectivity index (χ0v) is 6.93. The summed E-state index contributed by atoms with van der Waals surface area (Å²) in [6, 6.07) is 0.362. The van der Waals surface area contributed by atoms with Crippen LogP contribution in [-0.2, 0) is 0 Å². The second-order valence-electron chi connectivity index (χ2n) is 2.25. The molecule has 0 spiro atoms. The highest BCUT2D eigenvalue weighted by Gasteiger charge is 2.07. The van der Waals surface area contributed by atoms with Crippen molar-refractivity contribution < 1.29 is 4.42 Å². The highest BCUT2D eigenvalue weighted by Crippen LogP contribution is 2.14. The van der Waals surface area contributed by atoms with Gasteiger partial charge in [0.15, 0.2) is 0 Å². The van der Waals surface area contributed by atoms with Crippen molar-refractivity contribution in [2.24, 2.45) is 0 Å². The van der Waals surface area contributed by atoms with E-state index < -0.39 is 0 Å². The van der Waals surface area contributed by atoms with Crippen molar-refractivity contribution >= 4 is 6.01 Å². The van der Waals surface area contributed by atoms with Gasteiger partial charge in [0.2, 0.25) is 0 Å². The molecule has 0 aliphatic carbocycles. The van der Waals surface area contributed by atoms with Gasteiger partial charge in [0.05, 0.1) is 6.20 Å². The minimum absolute atomic E-state index is 0.359. The number of nitrogens with zero attached hydrogens (tertiary/aromatic N) is 4. The zero-order valence-electron chi connectivity index (χ0n) is 6.93. The molecule has 0 aliphatic heterocycles. The lowest BCUT2D eigenvalue weighted by atomic mass is 10.4. The smallest absolute Gasteiger partial charge is 0.315 e. The molecule has 0 aromatic carbocycles. The molecule has 2 rings (SSSR count). The second-order valence-corrected chi connectivity index (χ2v) is 2.25. The molecule has 2 heterocycles. The molecule has 2 aromatic heterocycles. The largest absolute Gasteiger partial charge is 0.402 e. The van der Waals surface area contributed by atoms with Crippen molar-refractivity contribution in [2.45, 2.75) is 0 Å². The molecule has 66 valence electrons. The lowest BCUT2D eigenvalue weighted by Gasteiger charge is -1.90. The van der Waals surface area contributed by atoms with Crippen LogP contribution in [0.3, 0.4) is 0 Å². The van der Waals surface area contributed by atoms with Gasteiger partial charge in [-0.15, -0.1) is 5.10 Å². The van der Waals surface area contributed by atoms with E-state index >= 15 is 0 Å². The molecule has 0 radical (unpaired) electrons. The van der Waals surface area contributed by atoms with Crippen LogP contribution in [0, 0.1) is 0 Å². The van der Waals surface area contributed by atoms with Gasteiger partial charge < -0.3 is 9.73 Å². The van der Waals surface area contributed by atoms with Crippen LogP contribution in [0.15, 0.2) is 23.0 Å². The van der Waals surface area contributed by atoms with Crippen LogP contribution in [0.4, 0.5) is 6.01 Å². The van der Waals surface area contributed by atoms with Crippen LogP contribution < -0.4 is 5.32 Å². The molecule has 6 nitrogen and oxygen atoms in total. The first-order valence-electron chi connectivity index (χ1n) is 3.68.